The average molecular weight is 244 g/mol. The summed E-state index contributed by atoms with van der Waals surface area (Å²) < 4.78 is 30.4. The number of aliphatic carboxylic acids is 1. The number of carboxylic acids is 1. The topological polar surface area (TPSA) is 128 Å². The highest BCUT2D eigenvalue weighted by Crippen LogP contribution is 2.17. The standard InChI is InChI=1S/C8H8N2O5S/c9-10-6-3-1-5(2-4-6)7(8(11)12)16(13,14)15/h1-3,7H,4H2,(H,11,12)(H,13,14,15). The van der Waals surface area contributed by atoms with Crippen molar-refractivity contribution in [1.29, 1.82) is 0 Å². The molecule has 2 N–H and O–H groups in total. The number of carbonyl (C=O) groups is 1. The van der Waals surface area contributed by atoms with Crippen molar-refractivity contribution in [2.24, 2.45) is 0 Å². The van der Waals surface area contributed by atoms with Gasteiger partial charge >= 0.3 is 5.97 Å². The molecule has 7 nitrogen and oxygen atoms in total. The van der Waals surface area contributed by atoms with Gasteiger partial charge in [-0.3, -0.25) is 9.35 Å². The second-order valence-electron chi connectivity index (χ2n) is 3.07. The third-order valence-corrected chi connectivity index (χ3v) is 3.04. The Morgan fingerprint density at radius 3 is 2.44 bits per heavy atom. The Hall–Kier alpha value is -1.76. The molecule has 0 spiro atoms. The maximum absolute atomic E-state index is 10.8. The summed E-state index contributed by atoms with van der Waals surface area (Å²) in [5.74, 6) is -1.66. The van der Waals surface area contributed by atoms with Crippen LogP contribution in [0, 0.1) is 0 Å². The molecular formula is C8H8N2O5S. The molecule has 0 bridgehead atoms. The van der Waals surface area contributed by atoms with Crippen molar-refractivity contribution in [3.63, 3.8) is 0 Å². The van der Waals surface area contributed by atoms with E-state index in [-0.39, 0.29) is 17.7 Å². The molecule has 0 saturated carbocycles. The van der Waals surface area contributed by atoms with Gasteiger partial charge in [-0.25, -0.2) is 0 Å². The molecule has 1 atom stereocenters. The molecule has 1 rings (SSSR count). The van der Waals surface area contributed by atoms with E-state index < -0.39 is 21.3 Å². The Labute approximate surface area is 91.1 Å². The summed E-state index contributed by atoms with van der Waals surface area (Å²) >= 11 is 0. The van der Waals surface area contributed by atoms with Crippen LogP contribution in [-0.4, -0.2) is 39.8 Å². The molecule has 86 valence electrons. The van der Waals surface area contributed by atoms with Gasteiger partial charge in [0.2, 0.25) is 5.25 Å². The van der Waals surface area contributed by atoms with Gasteiger partial charge < -0.3 is 10.6 Å². The SMILES string of the molecule is [N-]=[N+]=C1C=CC(C(C(=O)O)S(=O)(=O)O)=CC1. The third-order valence-electron chi connectivity index (χ3n) is 1.97. The van der Waals surface area contributed by atoms with Crippen molar-refractivity contribution in [3.8, 4) is 0 Å². The average Bonchev–Trinajstić information content (AvgIpc) is 2.16. The van der Waals surface area contributed by atoms with Crippen LogP contribution in [0.3, 0.4) is 0 Å². The zero-order chi connectivity index (χ0) is 12.3. The quantitative estimate of drug-likeness (QED) is 0.406. The number of nitrogens with zero attached hydrogens (tertiary/aromatic N) is 2. The smallest absolute Gasteiger partial charge is 0.329 e. The lowest BCUT2D eigenvalue weighted by Gasteiger charge is -2.11. The number of allylic oxidation sites excluding steroid dienone is 3. The molecule has 0 radical (unpaired) electrons. The van der Waals surface area contributed by atoms with E-state index in [0.717, 1.165) is 0 Å². The maximum atomic E-state index is 10.8. The minimum absolute atomic E-state index is 0.0672. The summed E-state index contributed by atoms with van der Waals surface area (Å²) in [6.07, 6.45) is 3.81. The van der Waals surface area contributed by atoms with Crippen molar-refractivity contribution < 1.29 is 27.7 Å². The van der Waals surface area contributed by atoms with Crippen LogP contribution >= 0.6 is 0 Å². The number of rotatable bonds is 3. The summed E-state index contributed by atoms with van der Waals surface area (Å²) in [6, 6.07) is 0. The zero-order valence-corrected chi connectivity index (χ0v) is 8.75. The fraction of sp³-hybridized carbons (Fsp3) is 0.250. The molecule has 0 amide bonds. The third kappa shape index (κ3) is 2.63. The van der Waals surface area contributed by atoms with E-state index in [0.29, 0.717) is 0 Å². The van der Waals surface area contributed by atoms with Crippen LogP contribution in [0.4, 0.5) is 0 Å². The van der Waals surface area contributed by atoms with Crippen LogP contribution in [-0.2, 0) is 14.9 Å². The van der Waals surface area contributed by atoms with Crippen LogP contribution < -0.4 is 0 Å². The second-order valence-corrected chi connectivity index (χ2v) is 4.57. The Balaban J connectivity index is 3.11. The van der Waals surface area contributed by atoms with Gasteiger partial charge in [-0.2, -0.15) is 13.2 Å². The van der Waals surface area contributed by atoms with Gasteiger partial charge in [0.05, 0.1) is 6.42 Å². The molecule has 1 aliphatic carbocycles. The van der Waals surface area contributed by atoms with Gasteiger partial charge in [-0.1, -0.05) is 6.08 Å². The van der Waals surface area contributed by atoms with E-state index in [2.05, 4.69) is 4.79 Å². The second kappa shape index (κ2) is 4.40. The van der Waals surface area contributed by atoms with Crippen molar-refractivity contribution >= 4 is 21.8 Å². The van der Waals surface area contributed by atoms with Gasteiger partial charge in [0, 0.05) is 6.08 Å². The van der Waals surface area contributed by atoms with E-state index in [1.165, 1.54) is 18.2 Å². The van der Waals surface area contributed by atoms with Gasteiger partial charge in [-0.05, 0) is 11.6 Å². The molecular weight excluding hydrogens is 236 g/mol. The van der Waals surface area contributed by atoms with Crippen molar-refractivity contribution in [2.45, 2.75) is 11.7 Å². The van der Waals surface area contributed by atoms with E-state index in [9.17, 15) is 13.2 Å². The van der Waals surface area contributed by atoms with Crippen molar-refractivity contribution in [3.05, 3.63) is 29.3 Å². The highest BCUT2D eigenvalue weighted by molar-refractivity contribution is 7.87. The Bertz CT molecular complexity index is 525. The summed E-state index contributed by atoms with van der Waals surface area (Å²) in [5.41, 5.74) is 8.61. The molecule has 8 heteroatoms. The highest BCUT2D eigenvalue weighted by Gasteiger charge is 2.34. The Kier molecular flexibility index (Phi) is 3.38. The van der Waals surface area contributed by atoms with Crippen LogP contribution in [0.1, 0.15) is 6.42 Å². The molecule has 0 aromatic carbocycles. The summed E-state index contributed by atoms with van der Waals surface area (Å²) in [4.78, 5) is 13.6. The molecule has 0 saturated heterocycles. The first-order valence-electron chi connectivity index (χ1n) is 4.14. The summed E-state index contributed by atoms with van der Waals surface area (Å²) in [7, 11) is -4.71. The predicted octanol–water partition coefficient (Wildman–Crippen LogP) is -0.115. The van der Waals surface area contributed by atoms with Crippen LogP contribution in [0.5, 0.6) is 0 Å². The molecule has 16 heavy (non-hydrogen) atoms. The first kappa shape index (κ1) is 12.3. The Morgan fingerprint density at radius 1 is 1.50 bits per heavy atom. The lowest BCUT2D eigenvalue weighted by Crippen LogP contribution is -2.31. The molecule has 1 aliphatic rings. The minimum atomic E-state index is -4.71. The lowest BCUT2D eigenvalue weighted by atomic mass is 10.0. The predicted molar refractivity (Wildman–Crippen MR) is 53.4 cm³/mol. The lowest BCUT2D eigenvalue weighted by molar-refractivity contribution is -0.135. The first-order valence-corrected chi connectivity index (χ1v) is 5.64. The fourth-order valence-electron chi connectivity index (χ4n) is 1.26. The monoisotopic (exact) mass is 244 g/mol. The molecule has 0 aromatic rings. The number of hydrogen-bond donors (Lipinski definition) is 2. The summed E-state index contributed by atoms with van der Waals surface area (Å²) in [5, 5.41) is 6.68. The largest absolute Gasteiger partial charge is 0.480 e. The van der Waals surface area contributed by atoms with E-state index in [1.54, 1.807) is 0 Å². The van der Waals surface area contributed by atoms with Gasteiger partial charge in [0.15, 0.2) is 0 Å². The zero-order valence-electron chi connectivity index (χ0n) is 7.94. The summed E-state index contributed by atoms with van der Waals surface area (Å²) in [6.45, 7) is 0. The fourth-order valence-corrected chi connectivity index (χ4v) is 2.04. The first-order chi connectivity index (χ1) is 7.36. The van der Waals surface area contributed by atoms with Crippen molar-refractivity contribution in [2.75, 3.05) is 0 Å². The van der Waals surface area contributed by atoms with E-state index >= 15 is 0 Å². The minimum Gasteiger partial charge on any atom is -0.480 e. The van der Waals surface area contributed by atoms with E-state index in [4.69, 9.17) is 15.2 Å². The van der Waals surface area contributed by atoms with E-state index in [1.807, 2.05) is 0 Å². The molecule has 1 unspecified atom stereocenters. The van der Waals surface area contributed by atoms with Crippen LogP contribution in [0.25, 0.3) is 5.53 Å². The molecule has 0 aliphatic heterocycles. The molecule has 0 fully saturated rings. The highest BCUT2D eigenvalue weighted by atomic mass is 32.2. The van der Waals surface area contributed by atoms with Crippen LogP contribution in [0.15, 0.2) is 23.8 Å². The maximum Gasteiger partial charge on any atom is 0.329 e. The Morgan fingerprint density at radius 2 is 2.12 bits per heavy atom. The van der Waals surface area contributed by atoms with Gasteiger partial charge in [0.25, 0.3) is 15.8 Å². The number of hydrogen-bond acceptors (Lipinski definition) is 3. The van der Waals surface area contributed by atoms with Gasteiger partial charge in [-0.15, -0.1) is 0 Å². The molecule has 0 aromatic heterocycles. The number of carboxylic acid groups (broad SMARTS) is 1. The van der Waals surface area contributed by atoms with Crippen LogP contribution in [0.2, 0.25) is 0 Å². The van der Waals surface area contributed by atoms with Crippen molar-refractivity contribution in [1.82, 2.24) is 0 Å². The van der Waals surface area contributed by atoms with Gasteiger partial charge in [0.1, 0.15) is 0 Å². The molecule has 0 heterocycles. The normalized spacial score (nSPS) is 17.6.